The molecule has 21 heavy (non-hydrogen) atoms. The number of aromatic nitrogens is 2. The molecule has 0 saturated carbocycles. The fraction of sp³-hybridized carbons (Fsp3) is 0.429. The van der Waals surface area contributed by atoms with E-state index in [9.17, 15) is 4.79 Å². The molecule has 2 N–H and O–H groups in total. The Balaban J connectivity index is 1.97. The number of methoxy groups -OCH3 is 1. The summed E-state index contributed by atoms with van der Waals surface area (Å²) >= 11 is 0. The van der Waals surface area contributed by atoms with Crippen LogP contribution in [0.4, 0.5) is 0 Å². The summed E-state index contributed by atoms with van der Waals surface area (Å²) in [5.74, 6) is -0.367. The number of ether oxygens (including phenoxy) is 1. The van der Waals surface area contributed by atoms with Crippen LogP contribution in [0.2, 0.25) is 6.32 Å². The summed E-state index contributed by atoms with van der Waals surface area (Å²) < 4.78 is 6.72. The lowest BCUT2D eigenvalue weighted by atomic mass is 9.83. The van der Waals surface area contributed by atoms with Crippen LogP contribution in [0.25, 0.3) is 11.0 Å². The first-order chi connectivity index (χ1) is 10.1. The molecule has 0 aliphatic heterocycles. The van der Waals surface area contributed by atoms with Gasteiger partial charge in [0.05, 0.1) is 30.0 Å². The van der Waals surface area contributed by atoms with Crippen LogP contribution in [0.5, 0.6) is 0 Å². The fourth-order valence-corrected chi connectivity index (χ4v) is 2.27. The number of fused-ring (bicyclic) bond motifs is 1. The van der Waals surface area contributed by atoms with Crippen LogP contribution in [0.15, 0.2) is 24.5 Å². The first kappa shape index (κ1) is 15.5. The number of hydrogen-bond acceptors (Lipinski definition) is 5. The van der Waals surface area contributed by atoms with Gasteiger partial charge in [-0.1, -0.05) is 12.8 Å². The lowest BCUT2D eigenvalue weighted by Gasteiger charge is -2.05. The number of rotatable bonds is 7. The number of esters is 1. The Bertz CT molecular complexity index is 612. The number of carbonyl (C=O) groups is 1. The van der Waals surface area contributed by atoms with Crippen molar-refractivity contribution in [2.45, 2.75) is 32.1 Å². The second-order valence-corrected chi connectivity index (χ2v) is 4.96. The summed E-state index contributed by atoms with van der Waals surface area (Å²) in [6.45, 7) is 0.815. The molecule has 1 aromatic heterocycles. The minimum absolute atomic E-state index is 0.367. The van der Waals surface area contributed by atoms with Gasteiger partial charge in [0.25, 0.3) is 0 Å². The Kier molecular flexibility index (Phi) is 5.35. The summed E-state index contributed by atoms with van der Waals surface area (Å²) in [5, 5.41) is 17.5. The zero-order valence-electron chi connectivity index (χ0n) is 12.0. The third-order valence-electron chi connectivity index (χ3n) is 3.40. The summed E-state index contributed by atoms with van der Waals surface area (Å²) in [4.78, 5) is 15.8. The zero-order valence-corrected chi connectivity index (χ0v) is 12.0. The molecular weight excluding hydrogens is 271 g/mol. The van der Waals surface area contributed by atoms with Gasteiger partial charge in [-0.2, -0.15) is 0 Å². The smallest absolute Gasteiger partial charge is 0.451 e. The van der Waals surface area contributed by atoms with Crippen LogP contribution in [0, 0.1) is 0 Å². The Morgan fingerprint density at radius 2 is 2.14 bits per heavy atom. The van der Waals surface area contributed by atoms with Crippen molar-refractivity contribution < 1.29 is 19.6 Å². The maximum atomic E-state index is 11.5. The average Bonchev–Trinajstić information content (AvgIpc) is 2.88. The SMILES string of the molecule is COC(=O)c1ccc2c(c1)ncn2CCCCCB(O)O. The first-order valence-corrected chi connectivity index (χ1v) is 7.01. The minimum atomic E-state index is -1.21. The summed E-state index contributed by atoms with van der Waals surface area (Å²) in [6, 6.07) is 5.32. The molecule has 0 saturated heterocycles. The molecule has 0 radical (unpaired) electrons. The molecule has 0 bridgehead atoms. The van der Waals surface area contributed by atoms with Crippen molar-refractivity contribution in [2.75, 3.05) is 7.11 Å². The number of aryl methyl sites for hydroxylation is 1. The number of carbonyl (C=O) groups excluding carboxylic acids is 1. The van der Waals surface area contributed by atoms with Crippen LogP contribution in [-0.2, 0) is 11.3 Å². The molecule has 2 rings (SSSR count). The number of imidazole rings is 1. The van der Waals surface area contributed by atoms with Gasteiger partial charge in [0.2, 0.25) is 0 Å². The Morgan fingerprint density at radius 3 is 2.86 bits per heavy atom. The molecule has 0 amide bonds. The molecule has 7 heteroatoms. The lowest BCUT2D eigenvalue weighted by Crippen LogP contribution is -2.09. The predicted molar refractivity (Wildman–Crippen MR) is 79.9 cm³/mol. The Labute approximate surface area is 123 Å². The second kappa shape index (κ2) is 7.24. The van der Waals surface area contributed by atoms with Crippen molar-refractivity contribution >= 4 is 24.1 Å². The average molecular weight is 290 g/mol. The number of nitrogens with zero attached hydrogens (tertiary/aromatic N) is 2. The molecule has 112 valence electrons. The minimum Gasteiger partial charge on any atom is -0.465 e. The van der Waals surface area contributed by atoms with Crippen molar-refractivity contribution in [3.63, 3.8) is 0 Å². The van der Waals surface area contributed by atoms with Crippen LogP contribution in [0.1, 0.15) is 29.6 Å². The molecule has 0 atom stereocenters. The highest BCUT2D eigenvalue weighted by Crippen LogP contribution is 2.16. The third-order valence-corrected chi connectivity index (χ3v) is 3.40. The summed E-state index contributed by atoms with van der Waals surface area (Å²) in [6.07, 6.45) is 4.82. The highest BCUT2D eigenvalue weighted by atomic mass is 16.5. The fourth-order valence-electron chi connectivity index (χ4n) is 2.27. The van der Waals surface area contributed by atoms with Crippen LogP contribution in [-0.4, -0.2) is 39.8 Å². The molecular formula is C14H19BN2O4. The monoisotopic (exact) mass is 290 g/mol. The van der Waals surface area contributed by atoms with E-state index in [0.717, 1.165) is 36.8 Å². The quantitative estimate of drug-likeness (QED) is 0.458. The van der Waals surface area contributed by atoms with E-state index in [0.29, 0.717) is 11.9 Å². The largest absolute Gasteiger partial charge is 0.465 e. The van der Waals surface area contributed by atoms with Crippen LogP contribution >= 0.6 is 0 Å². The molecule has 0 spiro atoms. The summed E-state index contributed by atoms with van der Waals surface area (Å²) in [5.41, 5.74) is 2.24. The lowest BCUT2D eigenvalue weighted by molar-refractivity contribution is 0.0601. The van der Waals surface area contributed by atoms with Gasteiger partial charge in [-0.25, -0.2) is 9.78 Å². The number of unbranched alkanes of at least 4 members (excludes halogenated alkanes) is 2. The molecule has 1 heterocycles. The van der Waals surface area contributed by atoms with E-state index in [1.165, 1.54) is 7.11 Å². The van der Waals surface area contributed by atoms with E-state index < -0.39 is 7.12 Å². The van der Waals surface area contributed by atoms with Crippen molar-refractivity contribution in [3.05, 3.63) is 30.1 Å². The predicted octanol–water partition coefficient (Wildman–Crippen LogP) is 1.47. The van der Waals surface area contributed by atoms with Crippen LogP contribution in [0.3, 0.4) is 0 Å². The van der Waals surface area contributed by atoms with Gasteiger partial charge < -0.3 is 19.4 Å². The molecule has 2 aromatic rings. The van der Waals surface area contributed by atoms with E-state index in [1.807, 2.05) is 10.6 Å². The molecule has 0 unspecified atom stereocenters. The van der Waals surface area contributed by atoms with Gasteiger partial charge in [0.15, 0.2) is 0 Å². The maximum Gasteiger partial charge on any atom is 0.451 e. The van der Waals surface area contributed by atoms with Crippen molar-refractivity contribution in [1.82, 2.24) is 9.55 Å². The maximum absolute atomic E-state index is 11.5. The van der Waals surface area contributed by atoms with E-state index in [4.69, 9.17) is 10.0 Å². The normalized spacial score (nSPS) is 10.8. The van der Waals surface area contributed by atoms with Crippen LogP contribution < -0.4 is 0 Å². The molecule has 0 aliphatic rings. The zero-order chi connectivity index (χ0) is 15.2. The number of benzene rings is 1. The Morgan fingerprint density at radius 1 is 1.33 bits per heavy atom. The molecule has 0 aliphatic carbocycles. The van der Waals surface area contributed by atoms with Gasteiger partial charge in [-0.3, -0.25) is 0 Å². The number of hydrogen-bond donors (Lipinski definition) is 2. The highest BCUT2D eigenvalue weighted by Gasteiger charge is 2.09. The van der Waals surface area contributed by atoms with Crippen molar-refractivity contribution in [2.24, 2.45) is 0 Å². The highest BCUT2D eigenvalue weighted by molar-refractivity contribution is 6.40. The van der Waals surface area contributed by atoms with Gasteiger partial charge in [0, 0.05) is 6.54 Å². The van der Waals surface area contributed by atoms with Crippen molar-refractivity contribution in [3.8, 4) is 0 Å². The second-order valence-electron chi connectivity index (χ2n) is 4.96. The first-order valence-electron chi connectivity index (χ1n) is 7.01. The van der Waals surface area contributed by atoms with E-state index in [1.54, 1.807) is 18.5 Å². The topological polar surface area (TPSA) is 84.6 Å². The summed E-state index contributed by atoms with van der Waals surface area (Å²) in [7, 11) is 0.143. The van der Waals surface area contributed by atoms with Gasteiger partial charge in [0.1, 0.15) is 0 Å². The van der Waals surface area contributed by atoms with E-state index in [2.05, 4.69) is 9.72 Å². The third kappa shape index (κ3) is 4.06. The van der Waals surface area contributed by atoms with Gasteiger partial charge in [-0.15, -0.1) is 0 Å². The molecule has 1 aromatic carbocycles. The van der Waals surface area contributed by atoms with E-state index in [-0.39, 0.29) is 5.97 Å². The van der Waals surface area contributed by atoms with Crippen molar-refractivity contribution in [1.29, 1.82) is 0 Å². The van der Waals surface area contributed by atoms with Gasteiger partial charge >= 0.3 is 13.1 Å². The molecule has 0 fully saturated rings. The standard InChI is InChI=1S/C14H19BN2O4/c1-21-14(18)11-5-6-13-12(9-11)16-10-17(13)8-4-2-3-7-15(19)20/h5-6,9-10,19-20H,2-4,7-8H2,1H3. The molecule has 6 nitrogen and oxygen atoms in total. The Hall–Kier alpha value is -1.86. The van der Waals surface area contributed by atoms with Gasteiger partial charge in [-0.05, 0) is 30.9 Å². The van der Waals surface area contributed by atoms with E-state index >= 15 is 0 Å².